The van der Waals surface area contributed by atoms with Crippen LogP contribution in [0.15, 0.2) is 53.3 Å². The molecule has 1 aromatic heterocycles. The highest BCUT2D eigenvalue weighted by atomic mass is 19.3. The van der Waals surface area contributed by atoms with E-state index in [0.717, 1.165) is 107 Å². The van der Waals surface area contributed by atoms with Gasteiger partial charge in [-0.3, -0.25) is 9.69 Å². The Bertz CT molecular complexity index is 1740. The molecule has 7 rings (SSSR count). The van der Waals surface area contributed by atoms with Gasteiger partial charge in [-0.05, 0) is 98.9 Å². The Balaban J connectivity index is 1.04. The lowest BCUT2D eigenvalue weighted by Gasteiger charge is -2.46. The number of aromatic nitrogens is 2. The zero-order chi connectivity index (χ0) is 37.6. The normalized spacial score (nSPS) is 28.0. The summed E-state index contributed by atoms with van der Waals surface area (Å²) in [7, 11) is 3.99. The molecule has 4 atom stereocenters. The van der Waals surface area contributed by atoms with Crippen molar-refractivity contribution in [2.45, 2.75) is 64.5 Å². The number of anilines is 1. The van der Waals surface area contributed by atoms with E-state index in [1.165, 1.54) is 6.08 Å². The number of nitrogens with two attached hydrogens (primary N) is 2. The summed E-state index contributed by atoms with van der Waals surface area (Å²) in [5.74, 6) is 2.04. The van der Waals surface area contributed by atoms with Gasteiger partial charge in [0.2, 0.25) is 0 Å². The summed E-state index contributed by atoms with van der Waals surface area (Å²) >= 11 is 0. The molecule has 0 bridgehead atoms. The van der Waals surface area contributed by atoms with Crippen molar-refractivity contribution >= 4 is 17.5 Å². The number of amidine groups is 1. The molecular formula is C39H56F2N10O2. The maximum atomic E-state index is 14.6. The van der Waals surface area contributed by atoms with Crippen LogP contribution in [0.3, 0.4) is 0 Å². The van der Waals surface area contributed by atoms with E-state index >= 15 is 0 Å². The van der Waals surface area contributed by atoms with Crippen molar-refractivity contribution in [3.8, 4) is 11.1 Å². The lowest BCUT2D eigenvalue weighted by molar-refractivity contribution is -0.132. The Labute approximate surface area is 311 Å². The molecule has 288 valence electrons. The van der Waals surface area contributed by atoms with Crippen molar-refractivity contribution in [3.63, 3.8) is 0 Å². The number of hydrogen-bond acceptors (Lipinski definition) is 10. The molecule has 0 amide bonds. The number of carboxylic acids is 1. The fourth-order valence-electron chi connectivity index (χ4n) is 9.61. The van der Waals surface area contributed by atoms with Crippen molar-refractivity contribution in [2.24, 2.45) is 47.3 Å². The standard InChI is InChI=1S/C39H56F2N10O2/c1-24-19-49(36(43)8-7-33(42)39(52)53)20-25(2)31(24)23-48-14-9-28(10-15-48)51-34-11-13-46(3)22-32(34)38(45-51)50-12-5-6-26-16-29(27-18-44-47(4)21-27)30(37(40)41)17-35(26)50/h7-8,16-18,21,24-25,28,31-32,34,37H,5-6,9-15,19-20,22-23,42-43H2,1-4H3,(H,52,53)/b33-7-,36-8+. The zero-order valence-corrected chi connectivity index (χ0v) is 31.5. The van der Waals surface area contributed by atoms with Crippen molar-refractivity contribution < 1.29 is 18.7 Å². The molecule has 0 aliphatic carbocycles. The molecule has 0 radical (unpaired) electrons. The van der Waals surface area contributed by atoms with Crippen LogP contribution in [0.2, 0.25) is 0 Å². The van der Waals surface area contributed by atoms with E-state index in [0.29, 0.717) is 41.2 Å². The summed E-state index contributed by atoms with van der Waals surface area (Å²) in [4.78, 5) is 20.5. The van der Waals surface area contributed by atoms with Crippen LogP contribution in [0.4, 0.5) is 14.5 Å². The van der Waals surface area contributed by atoms with E-state index in [1.807, 2.05) is 19.3 Å². The molecule has 0 spiro atoms. The van der Waals surface area contributed by atoms with Gasteiger partial charge in [0.05, 0.1) is 24.0 Å². The van der Waals surface area contributed by atoms with E-state index in [2.05, 4.69) is 50.6 Å². The maximum Gasteiger partial charge on any atom is 0.351 e. The van der Waals surface area contributed by atoms with Crippen molar-refractivity contribution in [1.82, 2.24) is 29.5 Å². The molecule has 3 saturated heterocycles. The number of aryl methyl sites for hydroxylation is 2. The first-order valence-corrected chi connectivity index (χ1v) is 19.3. The molecule has 5 N–H and O–H groups in total. The van der Waals surface area contributed by atoms with Crippen LogP contribution in [-0.4, -0.2) is 118 Å². The topological polar surface area (TPSA) is 136 Å². The molecule has 1 aromatic carbocycles. The second kappa shape index (κ2) is 15.3. The Morgan fingerprint density at radius 3 is 2.42 bits per heavy atom. The van der Waals surface area contributed by atoms with Crippen LogP contribution in [0.25, 0.3) is 11.1 Å². The molecule has 5 aliphatic heterocycles. The monoisotopic (exact) mass is 734 g/mol. The van der Waals surface area contributed by atoms with Crippen LogP contribution < -0.4 is 16.4 Å². The van der Waals surface area contributed by atoms with Crippen molar-refractivity contribution in [1.29, 1.82) is 0 Å². The number of piperidine rings is 3. The lowest BCUT2D eigenvalue weighted by atomic mass is 9.78. The molecule has 4 unspecified atom stereocenters. The van der Waals surface area contributed by atoms with Gasteiger partial charge >= 0.3 is 5.97 Å². The summed E-state index contributed by atoms with van der Waals surface area (Å²) in [5.41, 5.74) is 15.0. The highest BCUT2D eigenvalue weighted by Crippen LogP contribution is 2.42. The predicted octanol–water partition coefficient (Wildman–Crippen LogP) is 4.12. The van der Waals surface area contributed by atoms with Gasteiger partial charge in [0, 0.05) is 81.9 Å². The number of likely N-dealkylation sites (tertiary alicyclic amines) is 3. The molecule has 14 heteroatoms. The Hall–Kier alpha value is -4.17. The molecule has 53 heavy (non-hydrogen) atoms. The minimum Gasteiger partial charge on any atom is -0.477 e. The van der Waals surface area contributed by atoms with Gasteiger partial charge in [-0.2, -0.15) is 10.2 Å². The quantitative estimate of drug-likeness (QED) is 0.269. The lowest BCUT2D eigenvalue weighted by Crippen LogP contribution is -2.54. The highest BCUT2D eigenvalue weighted by molar-refractivity contribution is 6.02. The highest BCUT2D eigenvalue weighted by Gasteiger charge is 2.46. The number of aliphatic carboxylic acids is 1. The van der Waals surface area contributed by atoms with Gasteiger partial charge in [0.15, 0.2) is 0 Å². The first-order valence-electron chi connectivity index (χ1n) is 19.3. The van der Waals surface area contributed by atoms with Crippen LogP contribution in [0.1, 0.15) is 57.1 Å². The number of halogens is 2. The fraction of sp³-hybridized carbons (Fsp3) is 0.615. The number of nitrogens with zero attached hydrogens (tertiary/aromatic N) is 8. The van der Waals surface area contributed by atoms with Gasteiger partial charge in [-0.25, -0.2) is 13.6 Å². The number of hydrazone groups is 1. The number of rotatable bonds is 8. The first-order chi connectivity index (χ1) is 25.4. The third kappa shape index (κ3) is 7.62. The molecule has 2 aromatic rings. The summed E-state index contributed by atoms with van der Waals surface area (Å²) in [6, 6.07) is 4.37. The number of carboxylic acid groups (broad SMARTS) is 1. The predicted molar refractivity (Wildman–Crippen MR) is 203 cm³/mol. The van der Waals surface area contributed by atoms with Gasteiger partial charge in [0.1, 0.15) is 11.5 Å². The summed E-state index contributed by atoms with van der Waals surface area (Å²) in [6.07, 6.45) is 8.78. The van der Waals surface area contributed by atoms with Crippen LogP contribution in [0.5, 0.6) is 0 Å². The third-order valence-corrected chi connectivity index (χ3v) is 12.5. The summed E-state index contributed by atoms with van der Waals surface area (Å²) in [5, 5.41) is 21.2. The van der Waals surface area contributed by atoms with Crippen LogP contribution in [0, 0.1) is 23.7 Å². The summed E-state index contributed by atoms with van der Waals surface area (Å²) in [6.45, 7) is 12.0. The van der Waals surface area contributed by atoms with Gasteiger partial charge in [-0.1, -0.05) is 13.8 Å². The molecule has 12 nitrogen and oxygen atoms in total. The Morgan fingerprint density at radius 2 is 1.75 bits per heavy atom. The van der Waals surface area contributed by atoms with E-state index in [-0.39, 0.29) is 17.2 Å². The smallest absolute Gasteiger partial charge is 0.351 e. The maximum absolute atomic E-state index is 14.6. The average molecular weight is 735 g/mol. The number of fused-ring (bicyclic) bond motifs is 2. The van der Waals surface area contributed by atoms with E-state index in [4.69, 9.17) is 21.7 Å². The molecule has 5 aliphatic rings. The van der Waals surface area contributed by atoms with Gasteiger partial charge in [-0.15, -0.1) is 0 Å². The minimum atomic E-state index is -2.60. The zero-order valence-electron chi connectivity index (χ0n) is 31.5. The van der Waals surface area contributed by atoms with Gasteiger partial charge in [0.25, 0.3) is 6.43 Å². The fourth-order valence-corrected chi connectivity index (χ4v) is 9.61. The number of hydrogen-bond donors (Lipinski definition) is 3. The Kier molecular flexibility index (Phi) is 10.7. The number of benzene rings is 1. The second-order valence-corrected chi connectivity index (χ2v) is 16.2. The minimum absolute atomic E-state index is 0.0520. The third-order valence-electron chi connectivity index (χ3n) is 12.5. The second-order valence-electron chi connectivity index (χ2n) is 16.2. The van der Waals surface area contributed by atoms with Crippen LogP contribution in [-0.2, 0) is 18.3 Å². The SMILES string of the molecule is CC1CN(/C(N)=C/C=C(\N)C(=O)O)CC(C)C1CN1CCC(N2N=C(N3CCCc4cc(-c5cnn(C)c5)c(C(F)F)cc43)C3CN(C)CCC32)CC1. The Morgan fingerprint density at radius 1 is 1.02 bits per heavy atom. The van der Waals surface area contributed by atoms with E-state index < -0.39 is 12.4 Å². The van der Waals surface area contributed by atoms with Crippen LogP contribution >= 0.6 is 0 Å². The molecule has 6 heterocycles. The molecule has 3 fully saturated rings. The molecule has 0 saturated carbocycles. The first kappa shape index (κ1) is 37.2. The average Bonchev–Trinajstić information content (AvgIpc) is 3.74. The van der Waals surface area contributed by atoms with E-state index in [9.17, 15) is 13.6 Å². The number of allylic oxidation sites excluding steroid dienone is 2. The van der Waals surface area contributed by atoms with Crippen molar-refractivity contribution in [2.75, 3.05) is 64.3 Å². The summed E-state index contributed by atoms with van der Waals surface area (Å²) < 4.78 is 30.9. The van der Waals surface area contributed by atoms with Crippen molar-refractivity contribution in [3.05, 3.63) is 59.3 Å². The number of alkyl halides is 2. The van der Waals surface area contributed by atoms with Gasteiger partial charge < -0.3 is 36.2 Å². The largest absolute Gasteiger partial charge is 0.477 e. The van der Waals surface area contributed by atoms with E-state index in [1.54, 1.807) is 23.0 Å². The molecular weight excluding hydrogens is 678 g/mol. The number of carbonyl (C=O) groups is 1.